The number of carbonyl (C=O) groups excluding carboxylic acids is 2. The summed E-state index contributed by atoms with van der Waals surface area (Å²) in [5.74, 6) is -0.149. The van der Waals surface area contributed by atoms with Crippen molar-refractivity contribution in [3.8, 4) is 11.4 Å². The van der Waals surface area contributed by atoms with Crippen molar-refractivity contribution in [3.63, 3.8) is 0 Å². The third kappa shape index (κ3) is 4.38. The lowest BCUT2D eigenvalue weighted by Gasteiger charge is -2.13. The van der Waals surface area contributed by atoms with Gasteiger partial charge in [0.25, 0.3) is 0 Å². The standard InChI is InChI=1S/C20H19N3O4/c1-3-26-18-10-6-15(7-11-18)19(24)14(2)27-20(25)16-4-8-17(9-5-16)23-13-21-12-22-23/h4-14H,3H2,1-2H3/t14-/m0/s1. The van der Waals surface area contributed by atoms with E-state index in [1.54, 1.807) is 66.5 Å². The summed E-state index contributed by atoms with van der Waals surface area (Å²) in [4.78, 5) is 28.6. The summed E-state index contributed by atoms with van der Waals surface area (Å²) in [5, 5.41) is 4.02. The number of ether oxygens (including phenoxy) is 2. The quantitative estimate of drug-likeness (QED) is 0.473. The zero-order valence-corrected chi connectivity index (χ0v) is 15.0. The van der Waals surface area contributed by atoms with Crippen molar-refractivity contribution < 1.29 is 19.1 Å². The normalized spacial score (nSPS) is 11.6. The van der Waals surface area contributed by atoms with Gasteiger partial charge in [-0.05, 0) is 62.4 Å². The molecule has 0 aliphatic heterocycles. The Morgan fingerprint density at radius 2 is 1.70 bits per heavy atom. The van der Waals surface area contributed by atoms with E-state index in [1.165, 1.54) is 6.33 Å². The lowest BCUT2D eigenvalue weighted by molar-refractivity contribution is 0.0319. The van der Waals surface area contributed by atoms with Gasteiger partial charge >= 0.3 is 5.97 Å². The van der Waals surface area contributed by atoms with Crippen LogP contribution in [0.15, 0.2) is 61.2 Å². The number of aromatic nitrogens is 3. The lowest BCUT2D eigenvalue weighted by atomic mass is 10.1. The summed E-state index contributed by atoms with van der Waals surface area (Å²) in [5.41, 5.74) is 1.58. The molecular weight excluding hydrogens is 346 g/mol. The molecule has 7 heteroatoms. The SMILES string of the molecule is CCOc1ccc(C(=O)[C@H](C)OC(=O)c2ccc(-n3cncn3)cc2)cc1. The number of nitrogens with zero attached hydrogens (tertiary/aromatic N) is 3. The van der Waals surface area contributed by atoms with Crippen LogP contribution in [0.3, 0.4) is 0 Å². The zero-order valence-electron chi connectivity index (χ0n) is 15.0. The molecule has 1 atom stereocenters. The van der Waals surface area contributed by atoms with Crippen molar-refractivity contribution in [3.05, 3.63) is 72.3 Å². The average Bonchev–Trinajstić information content (AvgIpc) is 3.23. The molecule has 1 aromatic heterocycles. The van der Waals surface area contributed by atoms with Gasteiger partial charge in [-0.3, -0.25) is 4.79 Å². The predicted octanol–water partition coefficient (Wildman–Crippen LogP) is 3.09. The monoisotopic (exact) mass is 365 g/mol. The first-order valence-electron chi connectivity index (χ1n) is 8.51. The topological polar surface area (TPSA) is 83.3 Å². The van der Waals surface area contributed by atoms with Crippen LogP contribution in [0.5, 0.6) is 5.75 Å². The maximum absolute atomic E-state index is 12.5. The molecule has 138 valence electrons. The van der Waals surface area contributed by atoms with Gasteiger partial charge in [0.05, 0.1) is 17.9 Å². The fourth-order valence-electron chi connectivity index (χ4n) is 2.49. The highest BCUT2D eigenvalue weighted by atomic mass is 16.5. The minimum Gasteiger partial charge on any atom is -0.494 e. The van der Waals surface area contributed by atoms with Gasteiger partial charge in [0.15, 0.2) is 6.10 Å². The van der Waals surface area contributed by atoms with Crippen molar-refractivity contribution in [2.24, 2.45) is 0 Å². The van der Waals surface area contributed by atoms with Gasteiger partial charge in [-0.1, -0.05) is 0 Å². The fraction of sp³-hybridized carbons (Fsp3) is 0.200. The Labute approximate surface area is 156 Å². The molecule has 3 rings (SSSR count). The maximum Gasteiger partial charge on any atom is 0.338 e. The van der Waals surface area contributed by atoms with Crippen molar-refractivity contribution in [2.45, 2.75) is 20.0 Å². The number of rotatable bonds is 7. The molecular formula is C20H19N3O4. The Morgan fingerprint density at radius 1 is 1.04 bits per heavy atom. The van der Waals surface area contributed by atoms with Crippen molar-refractivity contribution in [1.82, 2.24) is 14.8 Å². The highest BCUT2D eigenvalue weighted by molar-refractivity contribution is 6.01. The second-order valence-corrected chi connectivity index (χ2v) is 5.76. The molecule has 0 saturated carbocycles. The molecule has 0 bridgehead atoms. The summed E-state index contributed by atoms with van der Waals surface area (Å²) < 4.78 is 12.2. The Bertz CT molecular complexity index is 903. The molecule has 0 aliphatic rings. The summed E-state index contributed by atoms with van der Waals surface area (Å²) >= 11 is 0. The molecule has 0 spiro atoms. The molecule has 1 heterocycles. The fourth-order valence-corrected chi connectivity index (χ4v) is 2.49. The van der Waals surface area contributed by atoms with E-state index in [2.05, 4.69) is 10.1 Å². The second kappa shape index (κ2) is 8.27. The van der Waals surface area contributed by atoms with Crippen LogP contribution in [0.2, 0.25) is 0 Å². The van der Waals surface area contributed by atoms with E-state index in [1.807, 2.05) is 6.92 Å². The van der Waals surface area contributed by atoms with Crippen molar-refractivity contribution in [1.29, 1.82) is 0 Å². The van der Waals surface area contributed by atoms with Gasteiger partial charge in [-0.15, -0.1) is 0 Å². The molecule has 3 aromatic rings. The zero-order chi connectivity index (χ0) is 19.2. The van der Waals surface area contributed by atoms with E-state index in [0.717, 1.165) is 5.69 Å². The molecule has 0 amide bonds. The smallest absolute Gasteiger partial charge is 0.338 e. The highest BCUT2D eigenvalue weighted by Gasteiger charge is 2.20. The van der Waals surface area contributed by atoms with Crippen molar-refractivity contribution >= 4 is 11.8 Å². The number of carbonyl (C=O) groups is 2. The minimum atomic E-state index is -0.898. The Hall–Kier alpha value is -3.48. The summed E-state index contributed by atoms with van der Waals surface area (Å²) in [6.07, 6.45) is 2.09. The van der Waals surface area contributed by atoms with Gasteiger partial charge in [-0.2, -0.15) is 5.10 Å². The molecule has 0 N–H and O–H groups in total. The number of hydrogen-bond acceptors (Lipinski definition) is 6. The van der Waals surface area contributed by atoms with E-state index < -0.39 is 12.1 Å². The van der Waals surface area contributed by atoms with Crippen LogP contribution in [0.25, 0.3) is 5.69 Å². The van der Waals surface area contributed by atoms with Crippen LogP contribution >= 0.6 is 0 Å². The van der Waals surface area contributed by atoms with Gasteiger partial charge in [0.1, 0.15) is 18.4 Å². The molecule has 0 unspecified atom stereocenters. The van der Waals surface area contributed by atoms with Crippen LogP contribution in [-0.4, -0.2) is 39.2 Å². The van der Waals surface area contributed by atoms with Crippen LogP contribution in [0.1, 0.15) is 34.6 Å². The number of esters is 1. The van der Waals surface area contributed by atoms with Crippen molar-refractivity contribution in [2.75, 3.05) is 6.61 Å². The van der Waals surface area contributed by atoms with Crippen LogP contribution in [0, 0.1) is 0 Å². The number of hydrogen-bond donors (Lipinski definition) is 0. The molecule has 7 nitrogen and oxygen atoms in total. The Morgan fingerprint density at radius 3 is 2.30 bits per heavy atom. The molecule has 27 heavy (non-hydrogen) atoms. The minimum absolute atomic E-state index is 0.273. The van der Waals surface area contributed by atoms with E-state index in [4.69, 9.17) is 9.47 Å². The molecule has 2 aromatic carbocycles. The van der Waals surface area contributed by atoms with Crippen LogP contribution in [-0.2, 0) is 4.74 Å². The summed E-state index contributed by atoms with van der Waals surface area (Å²) in [6.45, 7) is 4.00. The number of Topliss-reactive ketones (excluding diaryl/α,β-unsaturated/α-hetero) is 1. The Balaban J connectivity index is 1.63. The number of ketones is 1. The first-order chi connectivity index (χ1) is 13.1. The first kappa shape index (κ1) is 18.3. The number of benzene rings is 2. The molecule has 0 fully saturated rings. The van der Waals surface area contributed by atoms with Crippen LogP contribution < -0.4 is 4.74 Å². The van der Waals surface area contributed by atoms with Gasteiger partial charge < -0.3 is 9.47 Å². The van der Waals surface area contributed by atoms with E-state index >= 15 is 0 Å². The third-order valence-corrected chi connectivity index (χ3v) is 3.89. The molecule has 0 radical (unpaired) electrons. The summed E-state index contributed by atoms with van der Waals surface area (Å²) in [7, 11) is 0. The van der Waals surface area contributed by atoms with E-state index in [-0.39, 0.29) is 5.78 Å². The highest BCUT2D eigenvalue weighted by Crippen LogP contribution is 2.16. The van der Waals surface area contributed by atoms with E-state index in [9.17, 15) is 9.59 Å². The second-order valence-electron chi connectivity index (χ2n) is 5.76. The van der Waals surface area contributed by atoms with Crippen LogP contribution in [0.4, 0.5) is 0 Å². The summed E-state index contributed by atoms with van der Waals surface area (Å²) in [6, 6.07) is 13.4. The average molecular weight is 365 g/mol. The predicted molar refractivity (Wildman–Crippen MR) is 98.2 cm³/mol. The molecule has 0 aliphatic carbocycles. The van der Waals surface area contributed by atoms with E-state index in [0.29, 0.717) is 23.5 Å². The third-order valence-electron chi connectivity index (χ3n) is 3.89. The first-order valence-corrected chi connectivity index (χ1v) is 8.51. The van der Waals surface area contributed by atoms with Gasteiger partial charge in [0, 0.05) is 5.56 Å². The van der Waals surface area contributed by atoms with Gasteiger partial charge in [-0.25, -0.2) is 14.5 Å². The lowest BCUT2D eigenvalue weighted by Crippen LogP contribution is -2.24. The largest absolute Gasteiger partial charge is 0.494 e. The van der Waals surface area contributed by atoms with Gasteiger partial charge in [0.2, 0.25) is 5.78 Å². The molecule has 0 saturated heterocycles. The maximum atomic E-state index is 12.5. The Kier molecular flexibility index (Phi) is 5.61.